The molecule has 0 aromatic carbocycles. The maximum Gasteiger partial charge on any atom is 0.711 e. The first-order valence-corrected chi connectivity index (χ1v) is 18.1. The number of rotatable bonds is 0. The molecule has 0 aliphatic rings. The van der Waals surface area contributed by atoms with Gasteiger partial charge in [0.15, 0.2) is 0 Å². The zero-order chi connectivity index (χ0) is 31.5. The Morgan fingerprint density at radius 1 is 0.125 bits per heavy atom. The molecular weight excluding hydrogens is 960 g/mol. The topological polar surface area (TPSA) is 1160 Å². The van der Waals surface area contributed by atoms with Crippen molar-refractivity contribution >= 4 is 64.0 Å². The van der Waals surface area contributed by atoms with Gasteiger partial charge in [0.25, 0.3) is 0 Å². The molecule has 0 aromatic heterocycles. The molecule has 0 unspecified atom stereocenters. The molecule has 0 aromatic rings. The van der Waals surface area contributed by atoms with E-state index in [4.69, 9.17) is 101 Å². The first-order chi connectivity index (χ1) is 14.0. The van der Waals surface area contributed by atoms with Gasteiger partial charge in [0, 0.05) is 0 Å². The van der Waals surface area contributed by atoms with Crippen LogP contribution in [-0.2, 0) is 0 Å². The summed E-state index contributed by atoms with van der Waals surface area (Å²) in [5.41, 5.74) is 0. The second-order valence-corrected chi connectivity index (χ2v) is 11.6. The molecule has 56 heavy (non-hydrogen) atoms. The van der Waals surface area contributed by atoms with Crippen molar-refractivity contribution in [3.8, 4) is 0 Å². The lowest BCUT2D eigenvalue weighted by Crippen LogP contribution is -2.27. The van der Waals surface area contributed by atoms with Gasteiger partial charge in [-0.3, -0.25) is 0 Å². The summed E-state index contributed by atoms with van der Waals surface area (Å²) in [5, 5.41) is 0. The van der Waals surface area contributed by atoms with Gasteiger partial charge in [0.2, 0.25) is 0 Å². The molecule has 0 radical (unpaired) electrons. The Bertz CT molecular complexity index is 328. The highest BCUT2D eigenvalue weighted by molar-refractivity contribution is 6.49. The normalized spacial score (nSPS) is 7.50. The van der Waals surface area contributed by atoms with Gasteiger partial charge in [0.05, 0.1) is 0 Å². The average Bonchev–Trinajstić information content (AvgIpc) is 2.06. The van der Waals surface area contributed by atoms with Gasteiger partial charge in [0.1, 0.15) is 0 Å². The molecule has 0 saturated heterocycles. The molecular formula is H84F7N21O21Si7. The zero-order valence-electron chi connectivity index (χ0n) is 30.4. The van der Waals surface area contributed by atoms with E-state index in [-0.39, 0.29) is 129 Å². The molecule has 84 N–H and O–H groups in total. The highest BCUT2D eigenvalue weighted by Gasteiger charge is 2.28. The summed E-state index contributed by atoms with van der Waals surface area (Å²) in [6, 6.07) is 0. The molecule has 0 heterocycles. The van der Waals surface area contributed by atoms with E-state index >= 15 is 0 Å². The lowest BCUT2D eigenvalue weighted by atomic mass is 14.0. The standard InChI is InChI=1S/7FH3O3Si.21H3N/c7*1-5(2,3)4;;;;;;;;;;;;;;;;;;;;;/h7*2-4H;21*1H3. The lowest BCUT2D eigenvalue weighted by Gasteiger charge is -1.88. The summed E-state index contributed by atoms with van der Waals surface area (Å²) in [7, 11) is -35.8. The Kier molecular flexibility index (Phi) is 353. The summed E-state index contributed by atoms with van der Waals surface area (Å²) in [5.74, 6) is 0. The van der Waals surface area contributed by atoms with Crippen molar-refractivity contribution in [2.75, 3.05) is 0 Å². The van der Waals surface area contributed by atoms with E-state index in [0.717, 1.165) is 0 Å². The van der Waals surface area contributed by atoms with Gasteiger partial charge in [-0.2, -0.15) is 0 Å². The maximum atomic E-state index is 10.5. The molecule has 0 rings (SSSR count). The van der Waals surface area contributed by atoms with Crippen LogP contribution in [0.4, 0.5) is 28.8 Å². The average molecular weight is 1040 g/mol. The fourth-order valence-electron chi connectivity index (χ4n) is 0. The van der Waals surface area contributed by atoms with E-state index in [1.807, 2.05) is 0 Å². The minimum Gasteiger partial charge on any atom is -0.365 e. The van der Waals surface area contributed by atoms with Crippen molar-refractivity contribution in [1.82, 2.24) is 129 Å². The molecule has 0 spiro atoms. The quantitative estimate of drug-likeness (QED) is 0.0609. The second-order valence-electron chi connectivity index (χ2n) is 3.87. The predicted octanol–water partition coefficient (Wildman–Crippen LogP) is -8.02. The van der Waals surface area contributed by atoms with Gasteiger partial charge in [-0.15, -0.1) is 0 Å². The Morgan fingerprint density at radius 2 is 0.125 bits per heavy atom. The molecule has 0 aliphatic heterocycles. The molecule has 0 saturated carbocycles. The Labute approximate surface area is 323 Å². The minimum absolute atomic E-state index is 0. The minimum atomic E-state index is -5.11. The van der Waals surface area contributed by atoms with Gasteiger partial charge < -0.3 is 230 Å². The molecule has 0 amide bonds. The van der Waals surface area contributed by atoms with E-state index in [2.05, 4.69) is 0 Å². The second kappa shape index (κ2) is 90.5. The van der Waals surface area contributed by atoms with E-state index in [1.165, 1.54) is 0 Å². The SMILES string of the molecule is N.N.N.N.N.N.N.N.N.N.N.N.N.N.N.N.N.N.N.N.N.O[Si](O)(O)F.O[Si](O)(O)F.O[Si](O)(O)F.O[Si](O)(O)F.O[Si](O)(O)F.O[Si](O)(O)F.O[Si](O)(O)F. The van der Waals surface area contributed by atoms with Crippen molar-refractivity contribution in [2.24, 2.45) is 0 Å². The van der Waals surface area contributed by atoms with E-state index in [9.17, 15) is 28.8 Å². The van der Waals surface area contributed by atoms with Crippen LogP contribution >= 0.6 is 0 Å². The van der Waals surface area contributed by atoms with E-state index in [1.54, 1.807) is 0 Å². The fraction of sp³-hybridized carbons (Fsp3) is 0. The number of halogens is 7. The third kappa shape index (κ3) is 344000. The van der Waals surface area contributed by atoms with Crippen molar-refractivity contribution in [3.05, 3.63) is 0 Å². The van der Waals surface area contributed by atoms with Gasteiger partial charge in [-0.05, 0) is 0 Å². The molecule has 392 valence electrons. The van der Waals surface area contributed by atoms with E-state index < -0.39 is 64.0 Å². The van der Waals surface area contributed by atoms with Gasteiger partial charge >= 0.3 is 64.0 Å². The number of hydrogen-bond donors (Lipinski definition) is 42. The van der Waals surface area contributed by atoms with Crippen LogP contribution in [0.1, 0.15) is 0 Å². The molecule has 42 nitrogen and oxygen atoms in total. The van der Waals surface area contributed by atoms with Crippen LogP contribution < -0.4 is 129 Å². The third-order valence-corrected chi connectivity index (χ3v) is 0. The largest absolute Gasteiger partial charge is 0.711 e. The smallest absolute Gasteiger partial charge is 0.365 e. The summed E-state index contributed by atoms with van der Waals surface area (Å²) >= 11 is 0. The monoisotopic (exact) mass is 1040 g/mol. The van der Waals surface area contributed by atoms with Crippen molar-refractivity contribution in [2.45, 2.75) is 0 Å². The molecule has 0 aliphatic carbocycles. The van der Waals surface area contributed by atoms with Crippen LogP contribution in [0, 0.1) is 0 Å². The summed E-state index contributed by atoms with van der Waals surface area (Å²) in [4.78, 5) is 149. The van der Waals surface area contributed by atoms with Crippen LogP contribution in [0.5, 0.6) is 0 Å². The summed E-state index contributed by atoms with van der Waals surface area (Å²) in [6.45, 7) is 0. The molecule has 0 atom stereocenters. The van der Waals surface area contributed by atoms with Gasteiger partial charge in [-0.1, -0.05) is 0 Å². The van der Waals surface area contributed by atoms with Crippen LogP contribution in [0.15, 0.2) is 0 Å². The third-order valence-electron chi connectivity index (χ3n) is 0. The maximum absolute atomic E-state index is 10.5. The molecule has 0 bridgehead atoms. The predicted molar refractivity (Wildman–Crippen MR) is 200 cm³/mol. The Balaban J connectivity index is -0.00000000591. The first-order valence-electron chi connectivity index (χ1n) is 6.02. The Hall–Kier alpha value is -0.652. The number of hydrogen-bond acceptors (Lipinski definition) is 42. The van der Waals surface area contributed by atoms with Gasteiger partial charge in [-0.25, -0.2) is 28.8 Å². The summed E-state index contributed by atoms with van der Waals surface area (Å²) < 4.78 is 73.5. The van der Waals surface area contributed by atoms with Crippen molar-refractivity contribution < 1.29 is 129 Å². The van der Waals surface area contributed by atoms with Crippen LogP contribution in [0.25, 0.3) is 0 Å². The highest BCUT2D eigenvalue weighted by Crippen LogP contribution is 1.82. The van der Waals surface area contributed by atoms with Crippen LogP contribution in [-0.4, -0.2) is 165 Å². The summed E-state index contributed by atoms with van der Waals surface area (Å²) in [6.07, 6.45) is 0. The first kappa shape index (κ1) is 219. The van der Waals surface area contributed by atoms with Crippen LogP contribution in [0.3, 0.4) is 0 Å². The molecule has 56 heteroatoms. The van der Waals surface area contributed by atoms with Crippen LogP contribution in [0.2, 0.25) is 0 Å². The fourth-order valence-corrected chi connectivity index (χ4v) is 0. The van der Waals surface area contributed by atoms with E-state index in [0.29, 0.717) is 0 Å². The lowest BCUT2D eigenvalue weighted by molar-refractivity contribution is 0.162. The molecule has 0 fully saturated rings. The highest BCUT2D eigenvalue weighted by atomic mass is 28.4. The Morgan fingerprint density at radius 3 is 0.125 bits per heavy atom. The zero-order valence-corrected chi connectivity index (χ0v) is 37.4. The van der Waals surface area contributed by atoms with Crippen molar-refractivity contribution in [3.63, 3.8) is 0 Å². The van der Waals surface area contributed by atoms with Crippen molar-refractivity contribution in [1.29, 1.82) is 0 Å².